The molecule has 1 N–H and O–H groups in total. The molecule has 3 aliphatic rings. The summed E-state index contributed by atoms with van der Waals surface area (Å²) < 4.78 is 6.55. The summed E-state index contributed by atoms with van der Waals surface area (Å²) in [6.07, 6.45) is 11.1. The number of nitrogens with one attached hydrogen (secondary N) is 1. The average Bonchev–Trinajstić information content (AvgIpc) is 2.30. The van der Waals surface area contributed by atoms with Gasteiger partial charge >= 0.3 is 0 Å². The van der Waals surface area contributed by atoms with Crippen LogP contribution < -0.4 is 5.32 Å². The molecule has 3 fully saturated rings. The highest BCUT2D eigenvalue weighted by molar-refractivity contribution is 4.99. The van der Waals surface area contributed by atoms with E-state index in [4.69, 9.17) is 4.74 Å². The van der Waals surface area contributed by atoms with Gasteiger partial charge in [0.05, 0.1) is 11.7 Å². The Kier molecular flexibility index (Phi) is 2.99. The van der Waals surface area contributed by atoms with Crippen molar-refractivity contribution in [2.24, 2.45) is 5.41 Å². The third-order valence-corrected chi connectivity index (χ3v) is 5.18. The highest BCUT2D eigenvalue weighted by Gasteiger charge is 2.45. The summed E-state index contributed by atoms with van der Waals surface area (Å²) in [4.78, 5) is 0. The van der Waals surface area contributed by atoms with E-state index in [1.165, 1.54) is 51.4 Å². The van der Waals surface area contributed by atoms with Gasteiger partial charge in [-0.1, -0.05) is 33.1 Å². The van der Waals surface area contributed by atoms with Crippen LogP contribution in [0.1, 0.15) is 65.2 Å². The quantitative estimate of drug-likeness (QED) is 0.698. The van der Waals surface area contributed by atoms with Gasteiger partial charge < -0.3 is 10.1 Å². The van der Waals surface area contributed by atoms with Crippen LogP contribution in [0.15, 0.2) is 0 Å². The highest BCUT2D eigenvalue weighted by Crippen LogP contribution is 2.42. The van der Waals surface area contributed by atoms with Crippen LogP contribution in [0, 0.1) is 5.41 Å². The lowest BCUT2D eigenvalue weighted by Crippen LogP contribution is -2.62. The predicted octanol–water partition coefficient (Wildman–Crippen LogP) is 3.26. The van der Waals surface area contributed by atoms with Gasteiger partial charge in [-0.05, 0) is 37.5 Å². The topological polar surface area (TPSA) is 21.3 Å². The Morgan fingerprint density at radius 3 is 2.59 bits per heavy atom. The van der Waals surface area contributed by atoms with Gasteiger partial charge in [0.15, 0.2) is 0 Å². The first kappa shape index (κ1) is 12.0. The van der Waals surface area contributed by atoms with E-state index in [1.807, 2.05) is 0 Å². The average molecular weight is 237 g/mol. The summed E-state index contributed by atoms with van der Waals surface area (Å²) in [5.74, 6) is 0. The summed E-state index contributed by atoms with van der Waals surface area (Å²) in [5, 5.41) is 3.81. The molecule has 2 saturated carbocycles. The molecular weight excluding hydrogens is 210 g/mol. The van der Waals surface area contributed by atoms with Crippen LogP contribution in [0.2, 0.25) is 0 Å². The molecule has 98 valence electrons. The van der Waals surface area contributed by atoms with Crippen molar-refractivity contribution in [3.8, 4) is 0 Å². The lowest BCUT2D eigenvalue weighted by Gasteiger charge is -2.51. The summed E-state index contributed by atoms with van der Waals surface area (Å²) >= 11 is 0. The highest BCUT2D eigenvalue weighted by atomic mass is 16.5. The minimum atomic E-state index is 0.209. The number of ether oxygens (including phenoxy) is 1. The second kappa shape index (κ2) is 4.24. The molecule has 0 aromatic heterocycles. The molecule has 0 aromatic rings. The molecule has 1 heterocycles. The van der Waals surface area contributed by atoms with E-state index in [1.54, 1.807) is 0 Å². The van der Waals surface area contributed by atoms with Crippen molar-refractivity contribution in [2.75, 3.05) is 6.54 Å². The summed E-state index contributed by atoms with van der Waals surface area (Å²) in [7, 11) is 0. The third-order valence-electron chi connectivity index (χ3n) is 5.18. The summed E-state index contributed by atoms with van der Waals surface area (Å²) in [6.45, 7) is 5.90. The van der Waals surface area contributed by atoms with E-state index in [-0.39, 0.29) is 5.60 Å². The zero-order valence-corrected chi connectivity index (χ0v) is 11.4. The fourth-order valence-electron chi connectivity index (χ4n) is 4.08. The van der Waals surface area contributed by atoms with Gasteiger partial charge in [-0.3, -0.25) is 0 Å². The van der Waals surface area contributed by atoms with Gasteiger partial charge in [-0.2, -0.15) is 0 Å². The minimum absolute atomic E-state index is 0.209. The molecule has 3 rings (SSSR count). The second-order valence-electron chi connectivity index (χ2n) is 7.29. The third kappa shape index (κ3) is 2.39. The van der Waals surface area contributed by atoms with Crippen LogP contribution in [0.3, 0.4) is 0 Å². The first-order valence-electron chi connectivity index (χ1n) is 7.50. The minimum Gasteiger partial charge on any atom is -0.369 e. The van der Waals surface area contributed by atoms with E-state index >= 15 is 0 Å². The van der Waals surface area contributed by atoms with E-state index < -0.39 is 0 Å². The van der Waals surface area contributed by atoms with Gasteiger partial charge in [0, 0.05) is 12.6 Å². The smallest absolute Gasteiger partial charge is 0.0810 e. The van der Waals surface area contributed by atoms with E-state index in [0.29, 0.717) is 17.6 Å². The van der Waals surface area contributed by atoms with Gasteiger partial charge in [0.2, 0.25) is 0 Å². The Labute approximate surface area is 105 Å². The molecule has 0 radical (unpaired) electrons. The van der Waals surface area contributed by atoms with E-state index in [2.05, 4.69) is 19.2 Å². The SMILES string of the molecule is CC1(C)CCC2OC3(CCCCC3)CNC2C1. The zero-order valence-electron chi connectivity index (χ0n) is 11.4. The Balaban J connectivity index is 1.67. The largest absolute Gasteiger partial charge is 0.369 e. The Hall–Kier alpha value is -0.0800. The van der Waals surface area contributed by atoms with Crippen molar-refractivity contribution in [3.63, 3.8) is 0 Å². The molecule has 2 atom stereocenters. The van der Waals surface area contributed by atoms with Crippen molar-refractivity contribution in [3.05, 3.63) is 0 Å². The maximum atomic E-state index is 6.55. The number of morpholine rings is 1. The molecular formula is C15H27NO. The lowest BCUT2D eigenvalue weighted by molar-refractivity contribution is -0.168. The van der Waals surface area contributed by atoms with Crippen molar-refractivity contribution in [1.82, 2.24) is 5.32 Å². The van der Waals surface area contributed by atoms with Crippen LogP contribution in [0.5, 0.6) is 0 Å². The van der Waals surface area contributed by atoms with E-state index in [0.717, 1.165) is 6.54 Å². The first-order chi connectivity index (χ1) is 8.09. The van der Waals surface area contributed by atoms with Crippen LogP contribution in [-0.2, 0) is 4.74 Å². The van der Waals surface area contributed by atoms with Crippen molar-refractivity contribution >= 4 is 0 Å². The van der Waals surface area contributed by atoms with Crippen molar-refractivity contribution in [2.45, 2.75) is 83.0 Å². The molecule has 2 heteroatoms. The Morgan fingerprint density at radius 2 is 1.82 bits per heavy atom. The molecule has 2 nitrogen and oxygen atoms in total. The fourth-order valence-corrected chi connectivity index (χ4v) is 4.08. The number of hydrogen-bond donors (Lipinski definition) is 1. The molecule has 1 spiro atoms. The maximum absolute atomic E-state index is 6.55. The lowest BCUT2D eigenvalue weighted by atomic mass is 9.72. The number of hydrogen-bond acceptors (Lipinski definition) is 2. The summed E-state index contributed by atoms with van der Waals surface area (Å²) in [5.41, 5.74) is 0.718. The number of fused-ring (bicyclic) bond motifs is 1. The molecule has 0 aromatic carbocycles. The Morgan fingerprint density at radius 1 is 1.06 bits per heavy atom. The van der Waals surface area contributed by atoms with Crippen molar-refractivity contribution in [1.29, 1.82) is 0 Å². The van der Waals surface area contributed by atoms with Gasteiger partial charge in [-0.15, -0.1) is 0 Å². The van der Waals surface area contributed by atoms with E-state index in [9.17, 15) is 0 Å². The molecule has 1 aliphatic heterocycles. The number of rotatable bonds is 0. The maximum Gasteiger partial charge on any atom is 0.0810 e. The summed E-state index contributed by atoms with van der Waals surface area (Å²) in [6, 6.07) is 0.617. The molecule has 0 bridgehead atoms. The standard InChI is InChI=1S/C15H27NO/c1-14(2)9-6-13-12(10-14)16-11-15(17-13)7-4-3-5-8-15/h12-13,16H,3-11H2,1-2H3. The van der Waals surface area contributed by atoms with Crippen LogP contribution in [0.4, 0.5) is 0 Å². The van der Waals surface area contributed by atoms with Gasteiger partial charge in [0.1, 0.15) is 0 Å². The molecule has 17 heavy (non-hydrogen) atoms. The van der Waals surface area contributed by atoms with Crippen molar-refractivity contribution < 1.29 is 4.74 Å². The van der Waals surface area contributed by atoms with Crippen LogP contribution in [-0.4, -0.2) is 24.3 Å². The zero-order chi connectivity index (χ0) is 11.9. The molecule has 2 aliphatic carbocycles. The van der Waals surface area contributed by atoms with Crippen LogP contribution in [0.25, 0.3) is 0 Å². The molecule has 1 saturated heterocycles. The monoisotopic (exact) mass is 237 g/mol. The second-order valence-corrected chi connectivity index (χ2v) is 7.29. The first-order valence-corrected chi connectivity index (χ1v) is 7.50. The fraction of sp³-hybridized carbons (Fsp3) is 1.00. The van der Waals surface area contributed by atoms with Crippen LogP contribution >= 0.6 is 0 Å². The Bertz CT molecular complexity index is 281. The normalized spacial score (nSPS) is 39.9. The predicted molar refractivity (Wildman–Crippen MR) is 70.1 cm³/mol. The van der Waals surface area contributed by atoms with Gasteiger partial charge in [-0.25, -0.2) is 0 Å². The molecule has 2 unspecified atom stereocenters. The van der Waals surface area contributed by atoms with Gasteiger partial charge in [0.25, 0.3) is 0 Å². The molecule has 0 amide bonds.